The fraction of sp³-hybridized carbons (Fsp3) is 0.294. The monoisotopic (exact) mass is 318 g/mol. The minimum atomic E-state index is -1.01. The van der Waals surface area contributed by atoms with Crippen molar-refractivity contribution < 1.29 is 18.3 Å². The van der Waals surface area contributed by atoms with Gasteiger partial charge >= 0.3 is 0 Å². The third-order valence-corrected chi connectivity index (χ3v) is 3.83. The van der Waals surface area contributed by atoms with Gasteiger partial charge in [-0.1, -0.05) is 0 Å². The molecule has 1 aromatic heterocycles. The van der Waals surface area contributed by atoms with E-state index in [0.717, 1.165) is 12.1 Å². The van der Waals surface area contributed by atoms with E-state index in [0.29, 0.717) is 31.7 Å². The summed E-state index contributed by atoms with van der Waals surface area (Å²) in [7, 11) is 0. The second kappa shape index (κ2) is 6.73. The normalized spacial score (nSPS) is 15.5. The molecule has 0 atom stereocenters. The number of aromatic nitrogens is 1. The average Bonchev–Trinajstić information content (AvgIpc) is 2.58. The summed E-state index contributed by atoms with van der Waals surface area (Å²) < 4.78 is 32.0. The lowest BCUT2D eigenvalue weighted by Gasteiger charge is -2.32. The fourth-order valence-corrected chi connectivity index (χ4v) is 2.60. The molecule has 0 N–H and O–H groups in total. The van der Waals surface area contributed by atoms with Gasteiger partial charge in [0.2, 0.25) is 0 Å². The summed E-state index contributed by atoms with van der Waals surface area (Å²) in [6.07, 6.45) is 4.72. The van der Waals surface area contributed by atoms with E-state index in [4.69, 9.17) is 4.74 Å². The predicted molar refractivity (Wildman–Crippen MR) is 80.1 cm³/mol. The molecule has 2 heterocycles. The number of nitrogens with zero attached hydrogens (tertiary/aromatic N) is 2. The molecular formula is C17H16F2N2O2. The summed E-state index contributed by atoms with van der Waals surface area (Å²) in [6, 6.07) is 6.86. The number of hydrogen-bond acceptors (Lipinski definition) is 3. The van der Waals surface area contributed by atoms with Gasteiger partial charge in [0.25, 0.3) is 5.91 Å². The maximum Gasteiger partial charge on any atom is 0.253 e. The Morgan fingerprint density at radius 3 is 2.61 bits per heavy atom. The number of hydrogen-bond donors (Lipinski definition) is 0. The van der Waals surface area contributed by atoms with Crippen LogP contribution in [-0.2, 0) is 0 Å². The number of carbonyl (C=O) groups excluding carboxylic acids is 1. The number of ether oxygens (including phenoxy) is 1. The molecule has 1 aliphatic rings. The number of likely N-dealkylation sites (tertiary alicyclic amines) is 1. The van der Waals surface area contributed by atoms with Crippen LogP contribution in [-0.4, -0.2) is 35.0 Å². The van der Waals surface area contributed by atoms with Crippen molar-refractivity contribution in [3.05, 3.63) is 59.9 Å². The van der Waals surface area contributed by atoms with Gasteiger partial charge in [-0.2, -0.15) is 0 Å². The molecule has 3 rings (SSSR count). The Balaban J connectivity index is 1.58. The van der Waals surface area contributed by atoms with Gasteiger partial charge in [-0.05, 0) is 30.3 Å². The molecule has 1 fully saturated rings. The molecular weight excluding hydrogens is 302 g/mol. The Morgan fingerprint density at radius 2 is 1.96 bits per heavy atom. The second-order valence-electron chi connectivity index (χ2n) is 5.43. The fourth-order valence-electron chi connectivity index (χ4n) is 2.60. The van der Waals surface area contributed by atoms with E-state index in [-0.39, 0.29) is 17.6 Å². The summed E-state index contributed by atoms with van der Waals surface area (Å²) in [4.78, 5) is 17.9. The number of piperidine rings is 1. The minimum absolute atomic E-state index is 0.0215. The largest absolute Gasteiger partial charge is 0.489 e. The van der Waals surface area contributed by atoms with Gasteiger partial charge < -0.3 is 9.64 Å². The highest BCUT2D eigenvalue weighted by atomic mass is 19.2. The zero-order valence-electron chi connectivity index (χ0n) is 12.4. The van der Waals surface area contributed by atoms with Crippen LogP contribution in [0.15, 0.2) is 42.7 Å². The van der Waals surface area contributed by atoms with Gasteiger partial charge in [0.1, 0.15) is 11.9 Å². The number of rotatable bonds is 3. The number of halogens is 2. The first-order valence-corrected chi connectivity index (χ1v) is 7.44. The summed E-state index contributed by atoms with van der Waals surface area (Å²) in [6.45, 7) is 1.03. The van der Waals surface area contributed by atoms with Crippen molar-refractivity contribution in [2.24, 2.45) is 0 Å². The van der Waals surface area contributed by atoms with E-state index in [2.05, 4.69) is 4.98 Å². The first-order chi connectivity index (χ1) is 11.1. The Labute approximate surface area is 132 Å². The van der Waals surface area contributed by atoms with Gasteiger partial charge in [-0.3, -0.25) is 9.78 Å². The molecule has 0 bridgehead atoms. The molecule has 0 aliphatic carbocycles. The van der Waals surface area contributed by atoms with Crippen LogP contribution in [0, 0.1) is 11.6 Å². The van der Waals surface area contributed by atoms with Gasteiger partial charge in [0.05, 0.1) is 6.20 Å². The van der Waals surface area contributed by atoms with E-state index in [1.807, 2.05) is 6.07 Å². The molecule has 1 aromatic carbocycles. The van der Waals surface area contributed by atoms with E-state index < -0.39 is 11.6 Å². The van der Waals surface area contributed by atoms with Crippen LogP contribution in [0.25, 0.3) is 0 Å². The van der Waals surface area contributed by atoms with Crippen molar-refractivity contribution >= 4 is 5.91 Å². The highest BCUT2D eigenvalue weighted by Gasteiger charge is 2.25. The van der Waals surface area contributed by atoms with Crippen LogP contribution in [0.1, 0.15) is 23.2 Å². The molecule has 0 radical (unpaired) electrons. The smallest absolute Gasteiger partial charge is 0.253 e. The summed E-state index contributed by atoms with van der Waals surface area (Å²) in [5.74, 6) is -1.54. The molecule has 2 aromatic rings. The molecule has 120 valence electrons. The minimum Gasteiger partial charge on any atom is -0.489 e. The topological polar surface area (TPSA) is 42.4 Å². The SMILES string of the molecule is O=C(c1ccc(F)c(F)c1)N1CCC(Oc2cccnc2)CC1. The van der Waals surface area contributed by atoms with E-state index >= 15 is 0 Å². The Bertz CT molecular complexity index is 686. The highest BCUT2D eigenvalue weighted by molar-refractivity contribution is 5.94. The lowest BCUT2D eigenvalue weighted by Crippen LogP contribution is -2.41. The molecule has 6 heteroatoms. The Morgan fingerprint density at radius 1 is 1.17 bits per heavy atom. The first-order valence-electron chi connectivity index (χ1n) is 7.44. The van der Waals surface area contributed by atoms with Crippen molar-refractivity contribution in [1.82, 2.24) is 9.88 Å². The van der Waals surface area contributed by atoms with Gasteiger partial charge in [-0.15, -0.1) is 0 Å². The van der Waals surface area contributed by atoms with Crippen molar-refractivity contribution in [3.8, 4) is 5.75 Å². The maximum absolute atomic E-state index is 13.2. The molecule has 1 aliphatic heterocycles. The van der Waals surface area contributed by atoms with Crippen molar-refractivity contribution in [2.75, 3.05) is 13.1 Å². The number of pyridine rings is 1. The van der Waals surface area contributed by atoms with Gasteiger partial charge in [0.15, 0.2) is 11.6 Å². The predicted octanol–water partition coefficient (Wildman–Crippen LogP) is 3.04. The van der Waals surface area contributed by atoms with Crippen LogP contribution in [0.4, 0.5) is 8.78 Å². The zero-order chi connectivity index (χ0) is 16.2. The van der Waals surface area contributed by atoms with Crippen molar-refractivity contribution in [2.45, 2.75) is 18.9 Å². The quantitative estimate of drug-likeness (QED) is 0.873. The van der Waals surface area contributed by atoms with Crippen LogP contribution in [0.5, 0.6) is 5.75 Å². The van der Waals surface area contributed by atoms with E-state index in [1.165, 1.54) is 6.07 Å². The van der Waals surface area contributed by atoms with Crippen LogP contribution in [0.3, 0.4) is 0 Å². The lowest BCUT2D eigenvalue weighted by atomic mass is 10.1. The lowest BCUT2D eigenvalue weighted by molar-refractivity contribution is 0.0594. The standard InChI is InChI=1S/C17H16F2N2O2/c18-15-4-3-12(10-16(15)19)17(22)21-8-5-13(6-9-21)23-14-2-1-7-20-11-14/h1-4,7,10-11,13H,5-6,8-9H2. The summed E-state index contributed by atoms with van der Waals surface area (Å²) in [5, 5.41) is 0. The first kappa shape index (κ1) is 15.4. The van der Waals surface area contributed by atoms with Crippen molar-refractivity contribution in [1.29, 1.82) is 0 Å². The summed E-state index contributed by atoms with van der Waals surface area (Å²) in [5.41, 5.74) is 0.163. The Hall–Kier alpha value is -2.50. The molecule has 0 unspecified atom stereocenters. The van der Waals surface area contributed by atoms with Crippen LogP contribution in [0.2, 0.25) is 0 Å². The number of benzene rings is 1. The molecule has 1 amide bonds. The zero-order valence-corrected chi connectivity index (χ0v) is 12.4. The highest BCUT2D eigenvalue weighted by Crippen LogP contribution is 2.20. The molecule has 1 saturated heterocycles. The number of carbonyl (C=O) groups is 1. The summed E-state index contributed by atoms with van der Waals surface area (Å²) >= 11 is 0. The van der Waals surface area contributed by atoms with E-state index in [9.17, 15) is 13.6 Å². The third kappa shape index (κ3) is 3.64. The molecule has 4 nitrogen and oxygen atoms in total. The Kier molecular flexibility index (Phi) is 4.50. The molecule has 0 saturated carbocycles. The van der Waals surface area contributed by atoms with Gasteiger partial charge in [-0.25, -0.2) is 8.78 Å². The van der Waals surface area contributed by atoms with E-state index in [1.54, 1.807) is 23.4 Å². The van der Waals surface area contributed by atoms with Crippen LogP contribution < -0.4 is 4.74 Å². The van der Waals surface area contributed by atoms with Crippen molar-refractivity contribution in [3.63, 3.8) is 0 Å². The van der Waals surface area contributed by atoms with Crippen LogP contribution >= 0.6 is 0 Å². The molecule has 23 heavy (non-hydrogen) atoms. The average molecular weight is 318 g/mol. The third-order valence-electron chi connectivity index (χ3n) is 3.83. The van der Waals surface area contributed by atoms with Gasteiger partial charge in [0, 0.05) is 37.7 Å². The molecule has 0 spiro atoms. The second-order valence-corrected chi connectivity index (χ2v) is 5.43. The number of amides is 1. The maximum atomic E-state index is 13.2.